The molecule has 114 valence electrons. The largest absolute Gasteiger partial charge is 0.383 e. The second-order valence-corrected chi connectivity index (χ2v) is 5.63. The minimum atomic E-state index is 0.434. The average Bonchev–Trinajstić information content (AvgIpc) is 2.92. The Morgan fingerprint density at radius 1 is 1.37 bits per heavy atom. The smallest absolute Gasteiger partial charge is 0.0700 e. The quantitative estimate of drug-likeness (QED) is 0.658. The monoisotopic (exact) mass is 272 g/mol. The third kappa shape index (κ3) is 6.21. The van der Waals surface area contributed by atoms with E-state index in [4.69, 9.17) is 9.47 Å². The van der Waals surface area contributed by atoms with Crippen molar-refractivity contribution in [2.24, 2.45) is 0 Å². The van der Waals surface area contributed by atoms with Crippen LogP contribution in [0.1, 0.15) is 40.0 Å². The molecule has 1 saturated heterocycles. The highest BCUT2D eigenvalue weighted by molar-refractivity contribution is 4.76. The van der Waals surface area contributed by atoms with Crippen molar-refractivity contribution in [3.63, 3.8) is 0 Å². The van der Waals surface area contributed by atoms with Crippen LogP contribution >= 0.6 is 0 Å². The Labute approximate surface area is 118 Å². The van der Waals surface area contributed by atoms with Crippen molar-refractivity contribution in [2.45, 2.75) is 58.2 Å². The number of hydrogen-bond acceptors (Lipinski definition) is 4. The van der Waals surface area contributed by atoms with Gasteiger partial charge in [0.05, 0.1) is 12.7 Å². The van der Waals surface area contributed by atoms with Gasteiger partial charge < -0.3 is 14.8 Å². The first-order valence-electron chi connectivity index (χ1n) is 7.76. The van der Waals surface area contributed by atoms with Crippen molar-refractivity contribution >= 4 is 0 Å². The molecular formula is C15H32N2O2. The van der Waals surface area contributed by atoms with Crippen molar-refractivity contribution in [2.75, 3.05) is 40.0 Å². The van der Waals surface area contributed by atoms with Crippen LogP contribution in [0.25, 0.3) is 0 Å². The van der Waals surface area contributed by atoms with E-state index in [-0.39, 0.29) is 0 Å². The predicted octanol–water partition coefficient (Wildman–Crippen LogP) is 1.89. The Balaban J connectivity index is 2.26. The van der Waals surface area contributed by atoms with E-state index in [9.17, 15) is 0 Å². The van der Waals surface area contributed by atoms with Crippen LogP contribution in [0, 0.1) is 0 Å². The summed E-state index contributed by atoms with van der Waals surface area (Å²) in [5.74, 6) is 0. The molecule has 1 heterocycles. The zero-order valence-electron chi connectivity index (χ0n) is 13.2. The summed E-state index contributed by atoms with van der Waals surface area (Å²) in [4.78, 5) is 2.53. The van der Waals surface area contributed by atoms with E-state index in [1.807, 2.05) is 0 Å². The van der Waals surface area contributed by atoms with E-state index in [1.165, 1.54) is 19.3 Å². The molecule has 0 aromatic heterocycles. The summed E-state index contributed by atoms with van der Waals surface area (Å²) in [6.07, 6.45) is 4.04. The maximum atomic E-state index is 5.63. The van der Waals surface area contributed by atoms with Crippen LogP contribution in [0.2, 0.25) is 0 Å². The summed E-state index contributed by atoms with van der Waals surface area (Å²) in [6.45, 7) is 11.6. The van der Waals surface area contributed by atoms with E-state index < -0.39 is 0 Å². The van der Waals surface area contributed by atoms with E-state index >= 15 is 0 Å². The number of rotatable bonds is 10. The molecule has 1 rings (SSSR count). The first-order valence-corrected chi connectivity index (χ1v) is 7.76. The first-order chi connectivity index (χ1) is 9.19. The van der Waals surface area contributed by atoms with Crippen molar-refractivity contribution in [3.05, 3.63) is 0 Å². The molecule has 1 N–H and O–H groups in total. The summed E-state index contributed by atoms with van der Waals surface area (Å²) < 4.78 is 10.9. The maximum Gasteiger partial charge on any atom is 0.0700 e. The zero-order valence-corrected chi connectivity index (χ0v) is 13.2. The summed E-state index contributed by atoms with van der Waals surface area (Å²) in [6, 6.07) is 1.14. The third-order valence-corrected chi connectivity index (χ3v) is 4.11. The summed E-state index contributed by atoms with van der Waals surface area (Å²) in [5.41, 5.74) is 0. The van der Waals surface area contributed by atoms with Gasteiger partial charge in [0, 0.05) is 45.4 Å². The van der Waals surface area contributed by atoms with Crippen molar-refractivity contribution in [3.8, 4) is 0 Å². The third-order valence-electron chi connectivity index (χ3n) is 4.11. The normalized spacial score (nSPS) is 22.9. The maximum absolute atomic E-state index is 5.63. The molecule has 0 aromatic carbocycles. The molecule has 1 fully saturated rings. The lowest BCUT2D eigenvalue weighted by atomic mass is 10.1. The van der Waals surface area contributed by atoms with Crippen LogP contribution in [-0.2, 0) is 9.47 Å². The summed E-state index contributed by atoms with van der Waals surface area (Å²) in [5, 5.41) is 3.56. The van der Waals surface area contributed by atoms with Gasteiger partial charge in [-0.15, -0.1) is 0 Å². The van der Waals surface area contributed by atoms with E-state index in [1.54, 1.807) is 7.11 Å². The SMILES string of the molecule is CCC(C)N(CCOC)C(C)CNCC1CCCO1. The lowest BCUT2D eigenvalue weighted by Gasteiger charge is -2.34. The predicted molar refractivity (Wildman–Crippen MR) is 79.6 cm³/mol. The highest BCUT2D eigenvalue weighted by atomic mass is 16.5. The van der Waals surface area contributed by atoms with Crippen LogP contribution in [0.3, 0.4) is 0 Å². The standard InChI is InChI=1S/C15H32N2O2/c1-5-13(2)17(8-10-18-4)14(3)11-16-12-15-7-6-9-19-15/h13-16H,5-12H2,1-4H3. The Morgan fingerprint density at radius 3 is 2.74 bits per heavy atom. The van der Waals surface area contributed by atoms with Gasteiger partial charge in [0.1, 0.15) is 0 Å². The molecular weight excluding hydrogens is 240 g/mol. The number of methoxy groups -OCH3 is 1. The van der Waals surface area contributed by atoms with Crippen LogP contribution in [0.15, 0.2) is 0 Å². The minimum absolute atomic E-state index is 0.434. The van der Waals surface area contributed by atoms with Crippen LogP contribution in [-0.4, -0.2) is 63.0 Å². The summed E-state index contributed by atoms with van der Waals surface area (Å²) >= 11 is 0. The Kier molecular flexibility index (Phi) is 8.62. The fourth-order valence-electron chi connectivity index (χ4n) is 2.68. The van der Waals surface area contributed by atoms with E-state index in [0.29, 0.717) is 18.2 Å². The molecule has 0 amide bonds. The fraction of sp³-hybridized carbons (Fsp3) is 1.00. The van der Waals surface area contributed by atoms with Crippen molar-refractivity contribution in [1.82, 2.24) is 10.2 Å². The fourth-order valence-corrected chi connectivity index (χ4v) is 2.68. The van der Waals surface area contributed by atoms with Gasteiger partial charge in [-0.1, -0.05) is 6.92 Å². The van der Waals surface area contributed by atoms with E-state index in [2.05, 4.69) is 31.0 Å². The van der Waals surface area contributed by atoms with Gasteiger partial charge in [-0.2, -0.15) is 0 Å². The number of nitrogens with one attached hydrogen (secondary N) is 1. The molecule has 1 aliphatic heterocycles. The number of nitrogens with zero attached hydrogens (tertiary/aromatic N) is 1. The topological polar surface area (TPSA) is 33.7 Å². The molecule has 0 aliphatic carbocycles. The van der Waals surface area contributed by atoms with Gasteiger partial charge in [0.2, 0.25) is 0 Å². The average molecular weight is 272 g/mol. The van der Waals surface area contributed by atoms with Crippen molar-refractivity contribution < 1.29 is 9.47 Å². The minimum Gasteiger partial charge on any atom is -0.383 e. The Morgan fingerprint density at radius 2 is 2.16 bits per heavy atom. The highest BCUT2D eigenvalue weighted by Gasteiger charge is 2.20. The molecule has 4 nitrogen and oxygen atoms in total. The van der Waals surface area contributed by atoms with Gasteiger partial charge in [-0.25, -0.2) is 0 Å². The second kappa shape index (κ2) is 9.70. The number of hydrogen-bond donors (Lipinski definition) is 1. The van der Waals surface area contributed by atoms with Gasteiger partial charge in [-0.05, 0) is 33.1 Å². The van der Waals surface area contributed by atoms with Gasteiger partial charge in [-0.3, -0.25) is 4.90 Å². The molecule has 0 saturated carbocycles. The lowest BCUT2D eigenvalue weighted by molar-refractivity contribution is 0.0860. The Bertz CT molecular complexity index is 220. The first kappa shape index (κ1) is 16.9. The lowest BCUT2D eigenvalue weighted by Crippen LogP contribution is -2.47. The molecule has 0 spiro atoms. The zero-order chi connectivity index (χ0) is 14.1. The summed E-state index contributed by atoms with van der Waals surface area (Å²) in [7, 11) is 1.77. The number of ether oxygens (including phenoxy) is 2. The molecule has 0 radical (unpaired) electrons. The van der Waals surface area contributed by atoms with Crippen molar-refractivity contribution in [1.29, 1.82) is 0 Å². The molecule has 19 heavy (non-hydrogen) atoms. The van der Waals surface area contributed by atoms with Crippen LogP contribution in [0.4, 0.5) is 0 Å². The van der Waals surface area contributed by atoms with E-state index in [0.717, 1.165) is 32.8 Å². The molecule has 0 bridgehead atoms. The van der Waals surface area contributed by atoms with Gasteiger partial charge in [0.25, 0.3) is 0 Å². The van der Waals surface area contributed by atoms with Crippen LogP contribution < -0.4 is 5.32 Å². The molecule has 4 heteroatoms. The molecule has 3 atom stereocenters. The molecule has 3 unspecified atom stereocenters. The van der Waals surface area contributed by atoms with Gasteiger partial charge in [0.15, 0.2) is 0 Å². The Hall–Kier alpha value is -0.160. The second-order valence-electron chi connectivity index (χ2n) is 5.63. The highest BCUT2D eigenvalue weighted by Crippen LogP contribution is 2.11. The van der Waals surface area contributed by atoms with Crippen LogP contribution in [0.5, 0.6) is 0 Å². The molecule has 1 aliphatic rings. The molecule has 0 aromatic rings. The van der Waals surface area contributed by atoms with Gasteiger partial charge >= 0.3 is 0 Å².